The van der Waals surface area contributed by atoms with Gasteiger partial charge in [-0.1, -0.05) is 5.92 Å². The monoisotopic (exact) mass is 460 g/mol. The van der Waals surface area contributed by atoms with E-state index in [1.807, 2.05) is 24.3 Å². The molecule has 0 aliphatic carbocycles. The number of rotatable bonds is 7. The lowest BCUT2D eigenvalue weighted by Crippen LogP contribution is -2.44. The maximum absolute atomic E-state index is 12.0. The van der Waals surface area contributed by atoms with Crippen molar-refractivity contribution in [1.29, 1.82) is 0 Å². The highest BCUT2D eigenvalue weighted by atomic mass is 16.5. The SMILES string of the molecule is COc1ccc2nccc([C@@H](O)CC[C@@H]3CCN(CC#Cc4cccnn4)C[C@@H]3C(=O)O)c2c1. The Morgan fingerprint density at radius 2 is 2.18 bits per heavy atom. The minimum Gasteiger partial charge on any atom is -0.497 e. The largest absolute Gasteiger partial charge is 0.497 e. The molecular weight excluding hydrogens is 432 g/mol. The van der Waals surface area contributed by atoms with Crippen LogP contribution in [-0.2, 0) is 4.79 Å². The summed E-state index contributed by atoms with van der Waals surface area (Å²) in [6.07, 6.45) is 4.44. The van der Waals surface area contributed by atoms with Gasteiger partial charge in [0.05, 0.1) is 31.2 Å². The van der Waals surface area contributed by atoms with Crippen molar-refractivity contribution in [2.45, 2.75) is 25.4 Å². The number of aliphatic hydroxyl groups is 1. The van der Waals surface area contributed by atoms with Gasteiger partial charge in [0.25, 0.3) is 0 Å². The first-order valence-electron chi connectivity index (χ1n) is 11.4. The van der Waals surface area contributed by atoms with Crippen molar-refractivity contribution in [3.8, 4) is 17.6 Å². The number of hydrogen-bond donors (Lipinski definition) is 2. The summed E-state index contributed by atoms with van der Waals surface area (Å²) in [5.74, 6) is 5.45. The zero-order chi connectivity index (χ0) is 23.9. The molecule has 2 aromatic heterocycles. The molecule has 0 radical (unpaired) electrons. The maximum Gasteiger partial charge on any atom is 0.308 e. The number of aliphatic hydroxyl groups excluding tert-OH is 1. The smallest absolute Gasteiger partial charge is 0.308 e. The van der Waals surface area contributed by atoms with Gasteiger partial charge in [0, 0.05) is 24.3 Å². The number of aromatic nitrogens is 3. The van der Waals surface area contributed by atoms with Gasteiger partial charge in [-0.3, -0.25) is 14.7 Å². The third kappa shape index (κ3) is 5.68. The average molecular weight is 461 g/mol. The van der Waals surface area contributed by atoms with E-state index >= 15 is 0 Å². The van der Waals surface area contributed by atoms with Crippen LogP contribution in [0.4, 0.5) is 0 Å². The van der Waals surface area contributed by atoms with E-state index in [4.69, 9.17) is 4.74 Å². The number of pyridine rings is 1. The summed E-state index contributed by atoms with van der Waals surface area (Å²) in [6.45, 7) is 1.70. The van der Waals surface area contributed by atoms with Gasteiger partial charge in [0.2, 0.25) is 0 Å². The second kappa shape index (κ2) is 11.1. The Balaban J connectivity index is 1.38. The first-order valence-corrected chi connectivity index (χ1v) is 11.4. The van der Waals surface area contributed by atoms with Crippen molar-refractivity contribution < 1.29 is 19.7 Å². The highest BCUT2D eigenvalue weighted by Gasteiger charge is 2.34. The Morgan fingerprint density at radius 3 is 2.94 bits per heavy atom. The predicted octanol–water partition coefficient (Wildman–Crippen LogP) is 2.92. The Kier molecular flexibility index (Phi) is 7.68. The molecule has 1 fully saturated rings. The number of hydrogen-bond acceptors (Lipinski definition) is 7. The fraction of sp³-hybridized carbons (Fsp3) is 0.385. The molecule has 0 saturated carbocycles. The molecule has 0 unspecified atom stereocenters. The van der Waals surface area contributed by atoms with E-state index in [2.05, 4.69) is 31.9 Å². The van der Waals surface area contributed by atoms with Gasteiger partial charge in [-0.2, -0.15) is 5.10 Å². The van der Waals surface area contributed by atoms with Crippen molar-refractivity contribution in [1.82, 2.24) is 20.1 Å². The molecule has 2 N–H and O–H groups in total. The van der Waals surface area contributed by atoms with Gasteiger partial charge in [-0.15, -0.1) is 5.10 Å². The van der Waals surface area contributed by atoms with E-state index in [0.29, 0.717) is 37.4 Å². The predicted molar refractivity (Wildman–Crippen MR) is 127 cm³/mol. The summed E-state index contributed by atoms with van der Waals surface area (Å²) in [5.41, 5.74) is 2.17. The number of carboxylic acids is 1. The minimum absolute atomic E-state index is 0.000938. The van der Waals surface area contributed by atoms with Crippen LogP contribution in [0.5, 0.6) is 5.75 Å². The van der Waals surface area contributed by atoms with Crippen molar-refractivity contribution in [3.63, 3.8) is 0 Å². The van der Waals surface area contributed by atoms with E-state index in [0.717, 1.165) is 29.4 Å². The summed E-state index contributed by atoms with van der Waals surface area (Å²) in [6, 6.07) is 11.0. The normalized spacial score (nSPS) is 19.2. The third-order valence-corrected chi connectivity index (χ3v) is 6.40. The molecule has 1 aliphatic rings. The number of fused-ring (bicyclic) bond motifs is 1. The molecule has 1 aliphatic heterocycles. The Morgan fingerprint density at radius 1 is 1.29 bits per heavy atom. The summed E-state index contributed by atoms with van der Waals surface area (Å²) in [5, 5.41) is 29.4. The molecule has 3 atom stereocenters. The number of methoxy groups -OCH3 is 1. The molecule has 1 saturated heterocycles. The Hall–Kier alpha value is -3.54. The maximum atomic E-state index is 12.0. The zero-order valence-corrected chi connectivity index (χ0v) is 19.1. The van der Waals surface area contributed by atoms with Gasteiger partial charge in [0.15, 0.2) is 0 Å². The highest BCUT2D eigenvalue weighted by molar-refractivity contribution is 5.83. The number of benzene rings is 1. The molecule has 4 rings (SSSR count). The number of nitrogens with zero attached hydrogens (tertiary/aromatic N) is 4. The fourth-order valence-corrected chi connectivity index (χ4v) is 4.54. The van der Waals surface area contributed by atoms with Crippen LogP contribution < -0.4 is 4.74 Å². The second-order valence-corrected chi connectivity index (χ2v) is 8.52. The molecule has 0 spiro atoms. The molecule has 34 heavy (non-hydrogen) atoms. The van der Waals surface area contributed by atoms with Crippen LogP contribution in [0.3, 0.4) is 0 Å². The molecule has 8 nitrogen and oxygen atoms in total. The first kappa shape index (κ1) is 23.6. The molecule has 3 aromatic rings. The van der Waals surface area contributed by atoms with Gasteiger partial charge in [-0.25, -0.2) is 0 Å². The lowest BCUT2D eigenvalue weighted by atomic mass is 9.81. The minimum atomic E-state index is -0.801. The molecule has 8 heteroatoms. The molecule has 0 bridgehead atoms. The number of aliphatic carboxylic acids is 1. The lowest BCUT2D eigenvalue weighted by molar-refractivity contribution is -0.146. The quantitative estimate of drug-likeness (QED) is 0.518. The first-order chi connectivity index (χ1) is 16.5. The standard InChI is InChI=1S/C26H28N4O4/c1-34-20-7-8-24-22(16-20)21(10-13-27-24)25(31)9-6-18-11-15-30(17-23(18)26(32)33)14-3-5-19-4-2-12-28-29-19/h2,4,7-8,10,12-13,16,18,23,25,31H,6,9,11,14-15,17H2,1H3,(H,32,33)/t18-,23+,25+/m1/s1. The van der Waals surface area contributed by atoms with Gasteiger partial charge in [-0.05, 0) is 79.6 Å². The third-order valence-electron chi connectivity index (χ3n) is 6.40. The fourth-order valence-electron chi connectivity index (χ4n) is 4.54. The molecule has 176 valence electrons. The Labute approximate surface area is 198 Å². The number of likely N-dealkylation sites (tertiary alicyclic amines) is 1. The molecule has 0 amide bonds. The van der Waals surface area contributed by atoms with E-state index < -0.39 is 18.0 Å². The van der Waals surface area contributed by atoms with Crippen LogP contribution in [0.15, 0.2) is 48.8 Å². The topological polar surface area (TPSA) is 109 Å². The van der Waals surface area contributed by atoms with Crippen LogP contribution in [-0.4, -0.2) is 63.0 Å². The molecule has 1 aromatic carbocycles. The number of piperidine rings is 1. The number of carbonyl (C=O) groups is 1. The van der Waals surface area contributed by atoms with E-state index in [1.165, 1.54) is 0 Å². The summed E-state index contributed by atoms with van der Waals surface area (Å²) >= 11 is 0. The van der Waals surface area contributed by atoms with Crippen LogP contribution in [0, 0.1) is 23.7 Å². The zero-order valence-electron chi connectivity index (χ0n) is 19.1. The summed E-state index contributed by atoms with van der Waals surface area (Å²) < 4.78 is 5.32. The lowest BCUT2D eigenvalue weighted by Gasteiger charge is -2.36. The van der Waals surface area contributed by atoms with Gasteiger partial charge < -0.3 is 14.9 Å². The van der Waals surface area contributed by atoms with Crippen LogP contribution >= 0.6 is 0 Å². The van der Waals surface area contributed by atoms with Crippen LogP contribution in [0.2, 0.25) is 0 Å². The number of ether oxygens (including phenoxy) is 1. The van der Waals surface area contributed by atoms with E-state index in [-0.39, 0.29) is 5.92 Å². The van der Waals surface area contributed by atoms with Crippen molar-refractivity contribution >= 4 is 16.9 Å². The average Bonchev–Trinajstić information content (AvgIpc) is 2.87. The van der Waals surface area contributed by atoms with Crippen molar-refractivity contribution in [2.24, 2.45) is 11.8 Å². The van der Waals surface area contributed by atoms with Crippen LogP contribution in [0.1, 0.15) is 36.6 Å². The van der Waals surface area contributed by atoms with Gasteiger partial charge >= 0.3 is 5.97 Å². The number of carboxylic acid groups (broad SMARTS) is 1. The summed E-state index contributed by atoms with van der Waals surface area (Å²) in [7, 11) is 1.60. The molecule has 3 heterocycles. The molecular formula is C26H28N4O4. The Bertz CT molecular complexity index is 1190. The van der Waals surface area contributed by atoms with Crippen molar-refractivity contribution in [3.05, 3.63) is 60.0 Å². The van der Waals surface area contributed by atoms with E-state index in [1.54, 1.807) is 31.6 Å². The van der Waals surface area contributed by atoms with Crippen LogP contribution in [0.25, 0.3) is 10.9 Å². The second-order valence-electron chi connectivity index (χ2n) is 8.52. The van der Waals surface area contributed by atoms with Gasteiger partial charge in [0.1, 0.15) is 11.4 Å². The van der Waals surface area contributed by atoms with E-state index in [9.17, 15) is 15.0 Å². The highest BCUT2D eigenvalue weighted by Crippen LogP contribution is 2.33. The van der Waals surface area contributed by atoms with Crippen molar-refractivity contribution in [2.75, 3.05) is 26.7 Å². The summed E-state index contributed by atoms with van der Waals surface area (Å²) in [4.78, 5) is 18.4.